The molecule has 0 heterocycles. The van der Waals surface area contributed by atoms with Gasteiger partial charge in [-0.25, -0.2) is 0 Å². The molecule has 1 fully saturated rings. The predicted octanol–water partition coefficient (Wildman–Crippen LogP) is 2.69. The molecule has 0 radical (unpaired) electrons. The first-order valence-electron chi connectivity index (χ1n) is 4.77. The standard InChI is InChI=1S/C11H12F3N/c1-10(6-9(10)15)7-2-4-8(5-3-7)11(12,13)14/h2-5,9H,6,15H2,1H3/t9-,10?/m1/s1. The van der Waals surface area contributed by atoms with E-state index >= 15 is 0 Å². The summed E-state index contributed by atoms with van der Waals surface area (Å²) < 4.78 is 36.9. The smallest absolute Gasteiger partial charge is 0.327 e. The Balaban J connectivity index is 2.26. The molecule has 0 spiro atoms. The average molecular weight is 215 g/mol. The van der Waals surface area contributed by atoms with Crippen LogP contribution in [0.4, 0.5) is 13.2 Å². The van der Waals surface area contributed by atoms with Crippen LogP contribution < -0.4 is 5.73 Å². The molecular formula is C11H12F3N. The highest BCUT2D eigenvalue weighted by Gasteiger charge is 2.48. The lowest BCUT2D eigenvalue weighted by atomic mass is 9.96. The van der Waals surface area contributed by atoms with E-state index in [2.05, 4.69) is 0 Å². The summed E-state index contributed by atoms with van der Waals surface area (Å²) in [5, 5.41) is 0. The largest absolute Gasteiger partial charge is 0.416 e. The minimum Gasteiger partial charge on any atom is -0.327 e. The zero-order valence-electron chi connectivity index (χ0n) is 8.31. The van der Waals surface area contributed by atoms with Crippen molar-refractivity contribution in [1.29, 1.82) is 0 Å². The highest BCUT2D eigenvalue weighted by Crippen LogP contribution is 2.46. The summed E-state index contributed by atoms with van der Waals surface area (Å²) in [6, 6.07) is 5.36. The Hall–Kier alpha value is -1.03. The van der Waals surface area contributed by atoms with Crippen LogP contribution in [0.15, 0.2) is 24.3 Å². The first-order chi connectivity index (χ1) is 6.84. The second kappa shape index (κ2) is 2.98. The molecule has 2 rings (SSSR count). The van der Waals surface area contributed by atoms with Gasteiger partial charge in [0, 0.05) is 11.5 Å². The fourth-order valence-corrected chi connectivity index (χ4v) is 1.77. The molecule has 2 N–H and O–H groups in total. The second-order valence-corrected chi connectivity index (χ2v) is 4.30. The first-order valence-corrected chi connectivity index (χ1v) is 4.77. The molecule has 15 heavy (non-hydrogen) atoms. The van der Waals surface area contributed by atoms with E-state index in [0.717, 1.165) is 24.1 Å². The Bertz CT molecular complexity index is 368. The topological polar surface area (TPSA) is 26.0 Å². The molecule has 2 atom stereocenters. The van der Waals surface area contributed by atoms with Crippen LogP contribution in [0.5, 0.6) is 0 Å². The van der Waals surface area contributed by atoms with Crippen molar-refractivity contribution in [1.82, 2.24) is 0 Å². The van der Waals surface area contributed by atoms with E-state index in [1.807, 2.05) is 6.92 Å². The monoisotopic (exact) mass is 215 g/mol. The molecule has 0 bridgehead atoms. The third-order valence-corrected chi connectivity index (χ3v) is 3.17. The van der Waals surface area contributed by atoms with Crippen molar-refractivity contribution >= 4 is 0 Å². The van der Waals surface area contributed by atoms with Crippen LogP contribution in [0.3, 0.4) is 0 Å². The lowest BCUT2D eigenvalue weighted by Crippen LogP contribution is -2.15. The number of nitrogens with two attached hydrogens (primary N) is 1. The fourth-order valence-electron chi connectivity index (χ4n) is 1.77. The molecule has 82 valence electrons. The lowest BCUT2D eigenvalue weighted by Gasteiger charge is -2.12. The van der Waals surface area contributed by atoms with Gasteiger partial charge in [0.15, 0.2) is 0 Å². The Morgan fingerprint density at radius 2 is 1.73 bits per heavy atom. The van der Waals surface area contributed by atoms with Gasteiger partial charge in [-0.3, -0.25) is 0 Å². The van der Waals surface area contributed by atoms with E-state index in [1.165, 1.54) is 12.1 Å². The Morgan fingerprint density at radius 3 is 2.07 bits per heavy atom. The SMILES string of the molecule is CC1(c2ccc(C(F)(F)F)cc2)C[C@H]1N. The van der Waals surface area contributed by atoms with E-state index < -0.39 is 11.7 Å². The summed E-state index contributed by atoms with van der Waals surface area (Å²) in [7, 11) is 0. The summed E-state index contributed by atoms with van der Waals surface area (Å²) in [6.07, 6.45) is -3.41. The van der Waals surface area contributed by atoms with E-state index in [9.17, 15) is 13.2 Å². The van der Waals surface area contributed by atoms with Gasteiger partial charge in [0.25, 0.3) is 0 Å². The molecular weight excluding hydrogens is 203 g/mol. The number of halogens is 3. The van der Waals surface area contributed by atoms with Crippen LogP contribution >= 0.6 is 0 Å². The van der Waals surface area contributed by atoms with E-state index in [1.54, 1.807) is 0 Å². The van der Waals surface area contributed by atoms with Crippen LogP contribution in [-0.2, 0) is 11.6 Å². The zero-order valence-corrected chi connectivity index (χ0v) is 8.31. The normalized spacial score (nSPS) is 30.3. The van der Waals surface area contributed by atoms with Crippen molar-refractivity contribution in [2.45, 2.75) is 31.0 Å². The average Bonchev–Trinajstić information content (AvgIpc) is 2.75. The highest BCUT2D eigenvalue weighted by atomic mass is 19.4. The van der Waals surface area contributed by atoms with Gasteiger partial charge in [-0.15, -0.1) is 0 Å². The van der Waals surface area contributed by atoms with Crippen molar-refractivity contribution < 1.29 is 13.2 Å². The maximum absolute atomic E-state index is 12.3. The van der Waals surface area contributed by atoms with E-state index in [-0.39, 0.29) is 11.5 Å². The summed E-state index contributed by atoms with van der Waals surface area (Å²) in [6.45, 7) is 1.97. The third kappa shape index (κ3) is 1.74. The molecule has 1 aromatic carbocycles. The van der Waals surface area contributed by atoms with Crippen LogP contribution in [0.25, 0.3) is 0 Å². The van der Waals surface area contributed by atoms with Gasteiger partial charge in [-0.2, -0.15) is 13.2 Å². The minimum atomic E-state index is -4.26. The van der Waals surface area contributed by atoms with Gasteiger partial charge in [-0.05, 0) is 24.1 Å². The van der Waals surface area contributed by atoms with Gasteiger partial charge < -0.3 is 5.73 Å². The maximum Gasteiger partial charge on any atom is 0.416 e. The van der Waals surface area contributed by atoms with Gasteiger partial charge in [0.2, 0.25) is 0 Å². The van der Waals surface area contributed by atoms with E-state index in [4.69, 9.17) is 5.73 Å². The molecule has 4 heteroatoms. The van der Waals surface area contributed by atoms with Crippen LogP contribution in [0.1, 0.15) is 24.5 Å². The number of alkyl halides is 3. The van der Waals surface area contributed by atoms with Crippen LogP contribution in [-0.4, -0.2) is 6.04 Å². The molecule has 1 saturated carbocycles. The van der Waals surface area contributed by atoms with Gasteiger partial charge in [0.05, 0.1) is 5.56 Å². The number of hydrogen-bond donors (Lipinski definition) is 1. The highest BCUT2D eigenvalue weighted by molar-refractivity contribution is 5.37. The number of rotatable bonds is 1. The van der Waals surface area contributed by atoms with E-state index in [0.29, 0.717) is 0 Å². The molecule has 0 amide bonds. The Labute approximate surface area is 86.1 Å². The van der Waals surface area contributed by atoms with Crippen LogP contribution in [0, 0.1) is 0 Å². The van der Waals surface area contributed by atoms with Crippen molar-refractivity contribution in [3.05, 3.63) is 35.4 Å². The van der Waals surface area contributed by atoms with Crippen molar-refractivity contribution in [2.24, 2.45) is 5.73 Å². The van der Waals surface area contributed by atoms with Crippen molar-refractivity contribution in [3.63, 3.8) is 0 Å². The zero-order chi connectivity index (χ0) is 11.3. The third-order valence-electron chi connectivity index (χ3n) is 3.17. The molecule has 1 unspecified atom stereocenters. The van der Waals surface area contributed by atoms with Gasteiger partial charge in [0.1, 0.15) is 0 Å². The lowest BCUT2D eigenvalue weighted by molar-refractivity contribution is -0.137. The molecule has 1 aliphatic carbocycles. The quantitative estimate of drug-likeness (QED) is 0.765. The van der Waals surface area contributed by atoms with Crippen molar-refractivity contribution in [2.75, 3.05) is 0 Å². The number of benzene rings is 1. The number of hydrogen-bond acceptors (Lipinski definition) is 1. The summed E-state index contributed by atoms with van der Waals surface area (Å²) in [5.41, 5.74) is 5.90. The molecule has 1 aromatic rings. The second-order valence-electron chi connectivity index (χ2n) is 4.30. The Morgan fingerprint density at radius 1 is 1.27 bits per heavy atom. The Kier molecular flexibility index (Phi) is 2.08. The minimum absolute atomic E-state index is 0.0780. The summed E-state index contributed by atoms with van der Waals surface area (Å²) in [5.74, 6) is 0. The van der Waals surface area contributed by atoms with Crippen molar-refractivity contribution in [3.8, 4) is 0 Å². The van der Waals surface area contributed by atoms with Gasteiger partial charge >= 0.3 is 6.18 Å². The fraction of sp³-hybridized carbons (Fsp3) is 0.455. The molecule has 1 aliphatic rings. The van der Waals surface area contributed by atoms with Crippen LogP contribution in [0.2, 0.25) is 0 Å². The first kappa shape index (κ1) is 10.5. The molecule has 0 aromatic heterocycles. The summed E-state index contributed by atoms with van der Waals surface area (Å²) >= 11 is 0. The maximum atomic E-state index is 12.3. The molecule has 1 nitrogen and oxygen atoms in total. The summed E-state index contributed by atoms with van der Waals surface area (Å²) in [4.78, 5) is 0. The predicted molar refractivity (Wildman–Crippen MR) is 51.4 cm³/mol. The molecule has 0 saturated heterocycles. The van der Waals surface area contributed by atoms with Gasteiger partial charge in [-0.1, -0.05) is 19.1 Å². The molecule has 0 aliphatic heterocycles.